The maximum absolute atomic E-state index is 13.0. The van der Waals surface area contributed by atoms with Gasteiger partial charge < -0.3 is 5.32 Å². The number of amides is 1. The predicted molar refractivity (Wildman–Crippen MR) is 132 cm³/mol. The number of aromatic nitrogens is 3. The summed E-state index contributed by atoms with van der Waals surface area (Å²) in [6.45, 7) is 9.05. The minimum absolute atomic E-state index is 0.00386. The molecule has 1 atom stereocenters. The molecule has 1 unspecified atom stereocenters. The summed E-state index contributed by atoms with van der Waals surface area (Å²) in [5.74, 6) is -0.202. The molecule has 1 fully saturated rings. The molecule has 0 bridgehead atoms. The number of nitrogens with one attached hydrogen (secondary N) is 2. The molecule has 1 amide bonds. The number of benzene rings is 1. The first-order chi connectivity index (χ1) is 15.3. The Kier molecular flexibility index (Phi) is 6.89. The van der Waals surface area contributed by atoms with Crippen LogP contribution in [-0.2, 0) is 16.8 Å². The number of hydrogen-bond acceptors (Lipinski definition) is 4. The lowest BCUT2D eigenvalue weighted by Crippen LogP contribution is -2.28. The molecule has 1 aliphatic rings. The van der Waals surface area contributed by atoms with Gasteiger partial charge in [0.15, 0.2) is 0 Å². The van der Waals surface area contributed by atoms with Gasteiger partial charge in [0.2, 0.25) is 5.91 Å². The highest BCUT2D eigenvalue weighted by Crippen LogP contribution is 2.35. The van der Waals surface area contributed by atoms with Crippen molar-refractivity contribution >= 4 is 28.6 Å². The number of carbonyl (C=O) groups excluding carboxylic acids is 1. The summed E-state index contributed by atoms with van der Waals surface area (Å²) in [6, 6.07) is 10.3. The van der Waals surface area contributed by atoms with Crippen molar-refractivity contribution in [3.05, 3.63) is 53.3 Å². The topological polar surface area (TPSA) is 70.7 Å². The molecule has 5 nitrogen and oxygen atoms in total. The van der Waals surface area contributed by atoms with Gasteiger partial charge in [-0.25, -0.2) is 4.98 Å². The summed E-state index contributed by atoms with van der Waals surface area (Å²) in [5, 5.41) is 12.9. The Morgan fingerprint density at radius 3 is 2.72 bits per heavy atom. The van der Waals surface area contributed by atoms with Crippen molar-refractivity contribution in [1.29, 1.82) is 0 Å². The summed E-state index contributed by atoms with van der Waals surface area (Å²) in [4.78, 5) is 18.0. The molecule has 0 aliphatic heterocycles. The predicted octanol–water partition coefficient (Wildman–Crippen LogP) is 6.10. The van der Waals surface area contributed by atoms with Gasteiger partial charge in [0.25, 0.3) is 0 Å². The smallest absolute Gasteiger partial charge is 0.227 e. The number of carbonyl (C=O) groups is 1. The molecule has 2 aromatic heterocycles. The Hall–Kier alpha value is -2.34. The lowest BCUT2D eigenvalue weighted by atomic mass is 9.91. The van der Waals surface area contributed by atoms with Crippen molar-refractivity contribution < 1.29 is 4.79 Å². The van der Waals surface area contributed by atoms with Crippen molar-refractivity contribution in [2.24, 2.45) is 0 Å². The molecule has 2 N–H and O–H groups in total. The van der Waals surface area contributed by atoms with E-state index in [0.717, 1.165) is 32.7 Å². The molecule has 2 heterocycles. The van der Waals surface area contributed by atoms with Gasteiger partial charge in [-0.05, 0) is 43.5 Å². The molecule has 0 spiro atoms. The Balaban J connectivity index is 1.48. The fourth-order valence-electron chi connectivity index (χ4n) is 4.18. The lowest BCUT2D eigenvalue weighted by Gasteiger charge is -2.24. The first-order valence-electron chi connectivity index (χ1n) is 11.7. The van der Waals surface area contributed by atoms with Gasteiger partial charge in [-0.15, -0.1) is 11.8 Å². The minimum atomic E-state index is -0.231. The third-order valence-electron chi connectivity index (χ3n) is 6.35. The molecule has 32 heavy (non-hydrogen) atoms. The average molecular weight is 451 g/mol. The van der Waals surface area contributed by atoms with Crippen molar-refractivity contribution in [2.45, 2.75) is 88.0 Å². The largest absolute Gasteiger partial charge is 0.351 e. The van der Waals surface area contributed by atoms with E-state index < -0.39 is 0 Å². The number of nitrogens with zero attached hydrogens (tertiary/aromatic N) is 2. The second-order valence-corrected chi connectivity index (χ2v) is 11.2. The van der Waals surface area contributed by atoms with Crippen molar-refractivity contribution in [2.75, 3.05) is 0 Å². The minimum Gasteiger partial charge on any atom is -0.351 e. The molecule has 1 aromatic carbocycles. The van der Waals surface area contributed by atoms with Crippen LogP contribution in [0.5, 0.6) is 0 Å². The Bertz CT molecular complexity index is 1080. The fourth-order valence-corrected chi connectivity index (χ4v) is 5.51. The van der Waals surface area contributed by atoms with Crippen LogP contribution >= 0.6 is 11.8 Å². The highest BCUT2D eigenvalue weighted by molar-refractivity contribution is 7.99. The Morgan fingerprint density at radius 2 is 1.97 bits per heavy atom. The number of hydrogen-bond donors (Lipinski definition) is 2. The summed E-state index contributed by atoms with van der Waals surface area (Å²) >= 11 is 1.91. The highest BCUT2D eigenvalue weighted by atomic mass is 32.2. The summed E-state index contributed by atoms with van der Waals surface area (Å²) in [5.41, 5.74) is 4.20. The zero-order valence-electron chi connectivity index (χ0n) is 19.6. The molecule has 4 rings (SSSR count). The van der Waals surface area contributed by atoms with E-state index in [1.165, 1.54) is 32.1 Å². The molecule has 6 heteroatoms. The van der Waals surface area contributed by atoms with Crippen LogP contribution in [0.15, 0.2) is 41.6 Å². The van der Waals surface area contributed by atoms with E-state index >= 15 is 0 Å². The number of pyridine rings is 1. The maximum atomic E-state index is 13.0. The SMILES string of the molecule is CC(C(=O)NCc1ccc(C(C)(C)C)nc1SC1CCCCC1)c1ccc2[nH]ncc2c1. The van der Waals surface area contributed by atoms with Crippen LogP contribution in [0.3, 0.4) is 0 Å². The molecule has 170 valence electrons. The number of aromatic amines is 1. The van der Waals surface area contributed by atoms with Crippen LogP contribution in [0.1, 0.15) is 82.5 Å². The third kappa shape index (κ3) is 5.34. The average Bonchev–Trinajstić information content (AvgIpc) is 3.25. The number of rotatable bonds is 6. The number of fused-ring (bicyclic) bond motifs is 1. The van der Waals surface area contributed by atoms with Crippen LogP contribution in [0.4, 0.5) is 0 Å². The van der Waals surface area contributed by atoms with E-state index in [-0.39, 0.29) is 17.2 Å². The standard InChI is InChI=1S/C26H34N4OS/c1-17(18-10-12-22-20(14-18)16-28-30-22)24(31)27-15-19-11-13-23(26(2,3)4)29-25(19)32-21-8-6-5-7-9-21/h10-14,16-17,21H,5-9,15H2,1-4H3,(H,27,31)(H,28,30). The van der Waals surface area contributed by atoms with Crippen LogP contribution in [0, 0.1) is 0 Å². The first kappa shape index (κ1) is 22.8. The quantitative estimate of drug-likeness (QED) is 0.476. The van der Waals surface area contributed by atoms with E-state index in [0.29, 0.717) is 11.8 Å². The van der Waals surface area contributed by atoms with Crippen LogP contribution < -0.4 is 5.32 Å². The van der Waals surface area contributed by atoms with Gasteiger partial charge in [-0.2, -0.15) is 5.10 Å². The van der Waals surface area contributed by atoms with Crippen molar-refractivity contribution in [3.8, 4) is 0 Å². The molecule has 3 aromatic rings. The van der Waals surface area contributed by atoms with Gasteiger partial charge in [0.05, 0.1) is 17.6 Å². The molecule has 0 radical (unpaired) electrons. The number of thioether (sulfide) groups is 1. The maximum Gasteiger partial charge on any atom is 0.227 e. The summed E-state index contributed by atoms with van der Waals surface area (Å²) < 4.78 is 0. The molecular formula is C26H34N4OS. The third-order valence-corrected chi connectivity index (χ3v) is 7.73. The van der Waals surface area contributed by atoms with Crippen LogP contribution in [0.2, 0.25) is 0 Å². The Morgan fingerprint density at radius 1 is 1.19 bits per heavy atom. The van der Waals surface area contributed by atoms with E-state index in [1.54, 1.807) is 6.20 Å². The van der Waals surface area contributed by atoms with Crippen molar-refractivity contribution in [3.63, 3.8) is 0 Å². The van der Waals surface area contributed by atoms with Gasteiger partial charge in [-0.1, -0.05) is 52.2 Å². The van der Waals surface area contributed by atoms with E-state index in [2.05, 4.69) is 48.4 Å². The van der Waals surface area contributed by atoms with E-state index in [1.807, 2.05) is 36.9 Å². The monoisotopic (exact) mass is 450 g/mol. The van der Waals surface area contributed by atoms with Crippen LogP contribution in [-0.4, -0.2) is 26.3 Å². The highest BCUT2D eigenvalue weighted by Gasteiger charge is 2.22. The van der Waals surface area contributed by atoms with Gasteiger partial charge >= 0.3 is 0 Å². The zero-order valence-corrected chi connectivity index (χ0v) is 20.4. The molecular weight excluding hydrogens is 416 g/mol. The molecule has 0 saturated heterocycles. The van der Waals surface area contributed by atoms with Gasteiger partial charge in [-0.3, -0.25) is 9.89 Å². The fraction of sp³-hybridized carbons (Fsp3) is 0.500. The second-order valence-electron chi connectivity index (χ2n) is 9.94. The summed E-state index contributed by atoms with van der Waals surface area (Å²) in [7, 11) is 0. The van der Waals surface area contributed by atoms with E-state index in [9.17, 15) is 4.79 Å². The Labute approximate surface area is 195 Å². The van der Waals surface area contributed by atoms with E-state index in [4.69, 9.17) is 4.98 Å². The van der Waals surface area contributed by atoms with Crippen LogP contribution in [0.25, 0.3) is 10.9 Å². The lowest BCUT2D eigenvalue weighted by molar-refractivity contribution is -0.122. The van der Waals surface area contributed by atoms with Crippen molar-refractivity contribution in [1.82, 2.24) is 20.5 Å². The normalized spacial score (nSPS) is 16.2. The zero-order chi connectivity index (χ0) is 22.7. The summed E-state index contributed by atoms with van der Waals surface area (Å²) in [6.07, 6.45) is 8.26. The first-order valence-corrected chi connectivity index (χ1v) is 12.6. The molecule has 1 aliphatic carbocycles. The second kappa shape index (κ2) is 9.65. The van der Waals surface area contributed by atoms with Gasteiger partial charge in [0.1, 0.15) is 5.03 Å². The van der Waals surface area contributed by atoms with Gasteiger partial charge in [0, 0.05) is 33.9 Å². The number of H-pyrrole nitrogens is 1. The molecule has 1 saturated carbocycles.